The SMILES string of the molecule is CCC(CC)N(CCO)C(=O)c1cccn1C(C)C. The summed E-state index contributed by atoms with van der Waals surface area (Å²) < 4.78 is 1.98. The maximum Gasteiger partial charge on any atom is 0.270 e. The number of hydrogen-bond acceptors (Lipinski definition) is 2. The molecule has 1 aromatic rings. The number of hydrogen-bond donors (Lipinski definition) is 1. The fourth-order valence-corrected chi connectivity index (χ4v) is 2.46. The van der Waals surface area contributed by atoms with Crippen LogP contribution in [0.2, 0.25) is 0 Å². The summed E-state index contributed by atoms with van der Waals surface area (Å²) >= 11 is 0. The van der Waals surface area contributed by atoms with Crippen molar-refractivity contribution in [1.82, 2.24) is 9.47 Å². The number of nitrogens with zero attached hydrogens (tertiary/aromatic N) is 2. The Morgan fingerprint density at radius 1 is 1.37 bits per heavy atom. The van der Waals surface area contributed by atoms with Gasteiger partial charge < -0.3 is 14.6 Å². The molecule has 0 spiro atoms. The molecule has 1 rings (SSSR count). The van der Waals surface area contributed by atoms with Crippen LogP contribution < -0.4 is 0 Å². The van der Waals surface area contributed by atoms with E-state index in [0.717, 1.165) is 12.8 Å². The molecular weight excluding hydrogens is 240 g/mol. The summed E-state index contributed by atoms with van der Waals surface area (Å²) in [5, 5.41) is 9.20. The first-order chi connectivity index (χ1) is 9.06. The van der Waals surface area contributed by atoms with Crippen LogP contribution in [-0.4, -0.2) is 39.7 Å². The highest BCUT2D eigenvalue weighted by Gasteiger charge is 2.24. The van der Waals surface area contributed by atoms with Crippen molar-refractivity contribution in [3.8, 4) is 0 Å². The fraction of sp³-hybridized carbons (Fsp3) is 0.667. The van der Waals surface area contributed by atoms with Crippen molar-refractivity contribution in [2.45, 2.75) is 52.6 Å². The van der Waals surface area contributed by atoms with Gasteiger partial charge in [-0.15, -0.1) is 0 Å². The van der Waals surface area contributed by atoms with Gasteiger partial charge in [-0.25, -0.2) is 0 Å². The molecule has 1 amide bonds. The van der Waals surface area contributed by atoms with Gasteiger partial charge in [0.25, 0.3) is 5.91 Å². The predicted molar refractivity (Wildman–Crippen MR) is 77.3 cm³/mol. The molecule has 0 bridgehead atoms. The quantitative estimate of drug-likeness (QED) is 0.824. The molecule has 0 saturated heterocycles. The van der Waals surface area contributed by atoms with E-state index in [1.54, 1.807) is 4.90 Å². The Hall–Kier alpha value is -1.29. The average molecular weight is 266 g/mol. The summed E-state index contributed by atoms with van der Waals surface area (Å²) in [6.07, 6.45) is 3.75. The Morgan fingerprint density at radius 2 is 2.00 bits per heavy atom. The molecule has 108 valence electrons. The Balaban J connectivity index is 3.01. The molecule has 1 heterocycles. The zero-order chi connectivity index (χ0) is 14.4. The van der Waals surface area contributed by atoms with Crippen molar-refractivity contribution in [2.75, 3.05) is 13.2 Å². The number of amides is 1. The monoisotopic (exact) mass is 266 g/mol. The minimum absolute atomic E-state index is 0.00459. The Kier molecular flexibility index (Phi) is 6.09. The molecule has 1 aromatic heterocycles. The molecule has 0 radical (unpaired) electrons. The lowest BCUT2D eigenvalue weighted by Gasteiger charge is -2.30. The van der Waals surface area contributed by atoms with E-state index in [0.29, 0.717) is 12.2 Å². The van der Waals surface area contributed by atoms with Crippen LogP contribution in [-0.2, 0) is 0 Å². The van der Waals surface area contributed by atoms with Crippen molar-refractivity contribution in [1.29, 1.82) is 0 Å². The maximum absolute atomic E-state index is 12.7. The van der Waals surface area contributed by atoms with Gasteiger partial charge in [0.1, 0.15) is 5.69 Å². The first-order valence-electron chi connectivity index (χ1n) is 7.15. The van der Waals surface area contributed by atoms with E-state index in [1.807, 2.05) is 22.9 Å². The zero-order valence-corrected chi connectivity index (χ0v) is 12.5. The van der Waals surface area contributed by atoms with Crippen LogP contribution >= 0.6 is 0 Å². The van der Waals surface area contributed by atoms with Crippen molar-refractivity contribution < 1.29 is 9.90 Å². The highest BCUT2D eigenvalue weighted by Crippen LogP contribution is 2.17. The molecule has 0 aliphatic heterocycles. The van der Waals surface area contributed by atoms with E-state index in [-0.39, 0.29) is 24.6 Å². The van der Waals surface area contributed by atoms with E-state index in [2.05, 4.69) is 27.7 Å². The predicted octanol–water partition coefficient (Wildman–Crippen LogP) is 2.69. The summed E-state index contributed by atoms with van der Waals surface area (Å²) in [5.74, 6) is 0.0152. The lowest BCUT2D eigenvalue weighted by atomic mass is 10.1. The van der Waals surface area contributed by atoms with Crippen molar-refractivity contribution >= 4 is 5.91 Å². The van der Waals surface area contributed by atoms with Gasteiger partial charge >= 0.3 is 0 Å². The summed E-state index contributed by atoms with van der Waals surface area (Å²) in [4.78, 5) is 14.5. The topological polar surface area (TPSA) is 45.5 Å². The number of carbonyl (C=O) groups is 1. The van der Waals surface area contributed by atoms with Crippen LogP contribution in [0.4, 0.5) is 0 Å². The van der Waals surface area contributed by atoms with E-state index < -0.39 is 0 Å². The number of aliphatic hydroxyl groups is 1. The Bertz CT molecular complexity index is 395. The smallest absolute Gasteiger partial charge is 0.270 e. The number of aliphatic hydroxyl groups excluding tert-OH is 1. The van der Waals surface area contributed by atoms with Gasteiger partial charge in [-0.05, 0) is 38.8 Å². The number of rotatable bonds is 7. The molecule has 0 saturated carbocycles. The minimum Gasteiger partial charge on any atom is -0.395 e. The average Bonchev–Trinajstić information content (AvgIpc) is 2.87. The molecule has 0 aliphatic rings. The lowest BCUT2D eigenvalue weighted by Crippen LogP contribution is -2.42. The molecular formula is C15H26N2O2. The summed E-state index contributed by atoms with van der Waals surface area (Å²) in [6, 6.07) is 4.20. The van der Waals surface area contributed by atoms with Crippen molar-refractivity contribution in [2.24, 2.45) is 0 Å². The van der Waals surface area contributed by atoms with E-state index in [4.69, 9.17) is 0 Å². The van der Waals surface area contributed by atoms with Gasteiger partial charge in [-0.1, -0.05) is 13.8 Å². The van der Waals surface area contributed by atoms with Gasteiger partial charge in [-0.2, -0.15) is 0 Å². The highest BCUT2D eigenvalue weighted by molar-refractivity contribution is 5.93. The number of aromatic nitrogens is 1. The van der Waals surface area contributed by atoms with E-state index >= 15 is 0 Å². The fourth-order valence-electron chi connectivity index (χ4n) is 2.46. The largest absolute Gasteiger partial charge is 0.395 e. The molecule has 0 atom stereocenters. The highest BCUT2D eigenvalue weighted by atomic mass is 16.3. The second kappa shape index (κ2) is 7.34. The summed E-state index contributed by atoms with van der Waals surface area (Å²) in [7, 11) is 0. The lowest BCUT2D eigenvalue weighted by molar-refractivity contribution is 0.0610. The summed E-state index contributed by atoms with van der Waals surface area (Å²) in [6.45, 7) is 8.67. The number of carbonyl (C=O) groups excluding carboxylic acids is 1. The van der Waals surface area contributed by atoms with Crippen LogP contribution in [0.1, 0.15) is 57.1 Å². The van der Waals surface area contributed by atoms with Crippen LogP contribution in [0.3, 0.4) is 0 Å². The van der Waals surface area contributed by atoms with Crippen LogP contribution in [0.5, 0.6) is 0 Å². The van der Waals surface area contributed by atoms with Gasteiger partial charge in [0.05, 0.1) is 6.61 Å². The maximum atomic E-state index is 12.7. The van der Waals surface area contributed by atoms with Crippen LogP contribution in [0, 0.1) is 0 Å². The molecule has 4 heteroatoms. The van der Waals surface area contributed by atoms with E-state index in [9.17, 15) is 9.90 Å². The molecule has 4 nitrogen and oxygen atoms in total. The first kappa shape index (κ1) is 15.8. The molecule has 19 heavy (non-hydrogen) atoms. The van der Waals surface area contributed by atoms with Crippen LogP contribution in [0.25, 0.3) is 0 Å². The van der Waals surface area contributed by atoms with Gasteiger partial charge in [0.2, 0.25) is 0 Å². The third-order valence-electron chi connectivity index (χ3n) is 3.54. The van der Waals surface area contributed by atoms with Crippen LogP contribution in [0.15, 0.2) is 18.3 Å². The normalized spacial score (nSPS) is 11.3. The molecule has 0 aliphatic carbocycles. The van der Waals surface area contributed by atoms with Crippen molar-refractivity contribution in [3.63, 3.8) is 0 Å². The van der Waals surface area contributed by atoms with Gasteiger partial charge in [0, 0.05) is 24.8 Å². The molecule has 0 fully saturated rings. The first-order valence-corrected chi connectivity index (χ1v) is 7.15. The molecule has 1 N–H and O–H groups in total. The third-order valence-corrected chi connectivity index (χ3v) is 3.54. The van der Waals surface area contributed by atoms with E-state index in [1.165, 1.54) is 0 Å². The summed E-state index contributed by atoms with van der Waals surface area (Å²) in [5.41, 5.74) is 0.704. The minimum atomic E-state index is 0.00459. The second-order valence-electron chi connectivity index (χ2n) is 5.09. The zero-order valence-electron chi connectivity index (χ0n) is 12.5. The molecule has 0 aromatic carbocycles. The van der Waals surface area contributed by atoms with Crippen molar-refractivity contribution in [3.05, 3.63) is 24.0 Å². The Morgan fingerprint density at radius 3 is 2.47 bits per heavy atom. The van der Waals surface area contributed by atoms with Gasteiger partial charge in [-0.3, -0.25) is 4.79 Å². The standard InChI is InChI=1S/C15H26N2O2/c1-5-13(6-2)17(10-11-18)15(19)14-8-7-9-16(14)12(3)4/h7-9,12-13,18H,5-6,10-11H2,1-4H3. The Labute approximate surface area is 116 Å². The second-order valence-corrected chi connectivity index (χ2v) is 5.09. The molecule has 0 unspecified atom stereocenters. The van der Waals surface area contributed by atoms with Gasteiger partial charge in [0.15, 0.2) is 0 Å². The third kappa shape index (κ3) is 3.60.